The van der Waals surface area contributed by atoms with Crippen LogP contribution in [0.3, 0.4) is 0 Å². The van der Waals surface area contributed by atoms with E-state index in [9.17, 15) is 9.59 Å². The van der Waals surface area contributed by atoms with Crippen molar-refractivity contribution in [3.8, 4) is 0 Å². The summed E-state index contributed by atoms with van der Waals surface area (Å²) in [6.45, 7) is 8.63. The standard InChI is InChI=1S/C21H26N4O2S2/c1-5-6-7-10-22-17-15(12-16-20(27)25(13(2)3)21(28)29-16)19(26)24-11-8-9-14(4)18(24)23-17/h8-9,11-13,22H,5-7,10H2,1-4H3. The molecule has 1 N–H and O–H groups in total. The first-order chi connectivity index (χ1) is 13.8. The zero-order valence-electron chi connectivity index (χ0n) is 17.2. The third-order valence-electron chi connectivity index (χ3n) is 4.77. The van der Waals surface area contributed by atoms with Crippen molar-refractivity contribution >= 4 is 51.7 Å². The Labute approximate surface area is 180 Å². The summed E-state index contributed by atoms with van der Waals surface area (Å²) in [6, 6.07) is 3.72. The Kier molecular flexibility index (Phi) is 6.74. The fraction of sp³-hybridized carbons (Fsp3) is 0.429. The van der Waals surface area contributed by atoms with Crippen LogP contribution in [0.4, 0.5) is 5.82 Å². The van der Waals surface area contributed by atoms with Crippen LogP contribution in [0.25, 0.3) is 11.7 Å². The van der Waals surface area contributed by atoms with Crippen molar-refractivity contribution in [2.75, 3.05) is 11.9 Å². The molecule has 8 heteroatoms. The fourth-order valence-electron chi connectivity index (χ4n) is 3.21. The molecule has 0 saturated carbocycles. The number of thioether (sulfide) groups is 1. The van der Waals surface area contributed by atoms with E-state index in [1.807, 2.05) is 32.9 Å². The number of carbonyl (C=O) groups is 1. The Morgan fingerprint density at radius 1 is 1.31 bits per heavy atom. The molecule has 3 heterocycles. The van der Waals surface area contributed by atoms with Crippen molar-refractivity contribution in [3.63, 3.8) is 0 Å². The number of fused-ring (bicyclic) bond motifs is 1. The van der Waals surface area contributed by atoms with Gasteiger partial charge in [0.1, 0.15) is 15.8 Å². The van der Waals surface area contributed by atoms with E-state index in [4.69, 9.17) is 17.2 Å². The molecule has 1 aliphatic rings. The van der Waals surface area contributed by atoms with Crippen molar-refractivity contribution in [2.45, 2.75) is 53.0 Å². The van der Waals surface area contributed by atoms with Gasteiger partial charge in [-0.1, -0.05) is 49.8 Å². The summed E-state index contributed by atoms with van der Waals surface area (Å²) in [5, 5.41) is 3.31. The van der Waals surface area contributed by atoms with Crippen LogP contribution in [0, 0.1) is 6.92 Å². The number of hydrogen-bond donors (Lipinski definition) is 1. The topological polar surface area (TPSA) is 66.7 Å². The highest BCUT2D eigenvalue weighted by molar-refractivity contribution is 8.26. The smallest absolute Gasteiger partial charge is 0.267 e. The van der Waals surface area contributed by atoms with Gasteiger partial charge in [0, 0.05) is 18.8 Å². The second kappa shape index (κ2) is 9.09. The molecule has 29 heavy (non-hydrogen) atoms. The van der Waals surface area contributed by atoms with Crippen molar-refractivity contribution in [1.29, 1.82) is 0 Å². The Morgan fingerprint density at radius 2 is 2.07 bits per heavy atom. The summed E-state index contributed by atoms with van der Waals surface area (Å²) in [4.78, 5) is 32.8. The number of nitrogens with one attached hydrogen (secondary N) is 1. The van der Waals surface area contributed by atoms with Gasteiger partial charge < -0.3 is 5.32 Å². The zero-order chi connectivity index (χ0) is 21.1. The third kappa shape index (κ3) is 4.38. The maximum atomic E-state index is 13.3. The molecule has 1 amide bonds. The van der Waals surface area contributed by atoms with E-state index >= 15 is 0 Å². The first-order valence-corrected chi connectivity index (χ1v) is 11.1. The molecule has 1 saturated heterocycles. The average Bonchev–Trinajstić information content (AvgIpc) is 2.95. The van der Waals surface area contributed by atoms with Crippen LogP contribution in [0.1, 0.15) is 51.2 Å². The Balaban J connectivity index is 2.10. The minimum atomic E-state index is -0.202. The van der Waals surface area contributed by atoms with Gasteiger partial charge in [0.25, 0.3) is 11.5 Å². The Hall–Kier alpha value is -2.19. The van der Waals surface area contributed by atoms with E-state index < -0.39 is 0 Å². The number of nitrogens with zero attached hydrogens (tertiary/aromatic N) is 3. The molecule has 0 aliphatic carbocycles. The molecule has 0 radical (unpaired) electrons. The van der Waals surface area contributed by atoms with Crippen LogP contribution in [0.15, 0.2) is 28.0 Å². The summed E-state index contributed by atoms with van der Waals surface area (Å²) in [7, 11) is 0. The molecule has 0 atom stereocenters. The van der Waals surface area contributed by atoms with Gasteiger partial charge in [0.2, 0.25) is 0 Å². The van der Waals surface area contributed by atoms with Gasteiger partial charge in [0.05, 0.1) is 10.5 Å². The molecule has 0 aromatic carbocycles. The normalized spacial score (nSPS) is 15.9. The van der Waals surface area contributed by atoms with Gasteiger partial charge in [-0.05, 0) is 44.9 Å². The number of carbonyl (C=O) groups excluding carboxylic acids is 1. The van der Waals surface area contributed by atoms with Crippen LogP contribution in [-0.2, 0) is 4.79 Å². The predicted octanol–water partition coefficient (Wildman–Crippen LogP) is 4.21. The van der Waals surface area contributed by atoms with Crippen molar-refractivity contribution in [2.24, 2.45) is 0 Å². The van der Waals surface area contributed by atoms with Gasteiger partial charge in [-0.3, -0.25) is 18.9 Å². The van der Waals surface area contributed by atoms with Gasteiger partial charge in [-0.2, -0.15) is 0 Å². The molecule has 0 spiro atoms. The predicted molar refractivity (Wildman–Crippen MR) is 124 cm³/mol. The van der Waals surface area contributed by atoms with E-state index in [2.05, 4.69) is 12.2 Å². The summed E-state index contributed by atoms with van der Waals surface area (Å²) in [5.41, 5.74) is 1.71. The van der Waals surface area contributed by atoms with Crippen molar-refractivity contribution in [1.82, 2.24) is 14.3 Å². The molecule has 2 aromatic rings. The maximum Gasteiger partial charge on any atom is 0.267 e. The number of hydrogen-bond acceptors (Lipinski definition) is 6. The van der Waals surface area contributed by atoms with E-state index in [0.717, 1.165) is 31.4 Å². The van der Waals surface area contributed by atoms with Crippen LogP contribution >= 0.6 is 24.0 Å². The number of amides is 1. The van der Waals surface area contributed by atoms with E-state index in [1.165, 1.54) is 16.2 Å². The highest BCUT2D eigenvalue weighted by Gasteiger charge is 2.34. The lowest BCUT2D eigenvalue weighted by molar-refractivity contribution is -0.123. The molecule has 0 bridgehead atoms. The lowest BCUT2D eigenvalue weighted by atomic mass is 10.2. The minimum Gasteiger partial charge on any atom is -0.369 e. The molecule has 0 unspecified atom stereocenters. The van der Waals surface area contributed by atoms with E-state index in [1.54, 1.807) is 17.2 Å². The zero-order valence-corrected chi connectivity index (χ0v) is 18.8. The van der Waals surface area contributed by atoms with E-state index in [-0.39, 0.29) is 17.5 Å². The van der Waals surface area contributed by atoms with Crippen LogP contribution < -0.4 is 10.9 Å². The molecule has 3 rings (SSSR count). The highest BCUT2D eigenvalue weighted by atomic mass is 32.2. The summed E-state index contributed by atoms with van der Waals surface area (Å²) < 4.78 is 2.04. The Morgan fingerprint density at radius 3 is 2.72 bits per heavy atom. The first-order valence-electron chi connectivity index (χ1n) is 9.88. The van der Waals surface area contributed by atoms with Gasteiger partial charge >= 0.3 is 0 Å². The molecule has 1 fully saturated rings. The van der Waals surface area contributed by atoms with Crippen LogP contribution in [0.2, 0.25) is 0 Å². The maximum absolute atomic E-state index is 13.3. The monoisotopic (exact) mass is 430 g/mol. The Bertz CT molecular complexity index is 1040. The third-order valence-corrected chi connectivity index (χ3v) is 6.10. The summed E-state index contributed by atoms with van der Waals surface area (Å²) in [5.74, 6) is 0.343. The number of thiocarbonyl (C=S) groups is 1. The van der Waals surface area contributed by atoms with Gasteiger partial charge in [-0.25, -0.2) is 4.98 Å². The van der Waals surface area contributed by atoms with Crippen LogP contribution in [0.5, 0.6) is 0 Å². The minimum absolute atomic E-state index is 0.0292. The first kappa shape index (κ1) is 21.5. The molecule has 6 nitrogen and oxygen atoms in total. The summed E-state index contributed by atoms with van der Waals surface area (Å²) >= 11 is 6.59. The lowest BCUT2D eigenvalue weighted by Crippen LogP contribution is -2.34. The number of unbranched alkanes of at least 4 members (excludes halogenated alkanes) is 2. The van der Waals surface area contributed by atoms with Crippen LogP contribution in [-0.4, -0.2) is 37.1 Å². The average molecular weight is 431 g/mol. The second-order valence-electron chi connectivity index (χ2n) is 7.34. The fourth-order valence-corrected chi connectivity index (χ4v) is 4.72. The van der Waals surface area contributed by atoms with Gasteiger partial charge in [-0.15, -0.1) is 0 Å². The molecular formula is C21H26N4O2S2. The molecule has 2 aromatic heterocycles. The lowest BCUT2D eigenvalue weighted by Gasteiger charge is -2.18. The van der Waals surface area contributed by atoms with E-state index in [0.29, 0.717) is 26.3 Å². The molecule has 154 valence electrons. The number of pyridine rings is 1. The quantitative estimate of drug-likeness (QED) is 0.403. The van der Waals surface area contributed by atoms with Gasteiger partial charge in [0.15, 0.2) is 0 Å². The number of aromatic nitrogens is 2. The molecule has 1 aliphatic heterocycles. The van der Waals surface area contributed by atoms with Crippen molar-refractivity contribution in [3.05, 3.63) is 44.7 Å². The summed E-state index contributed by atoms with van der Waals surface area (Å²) in [6.07, 6.45) is 6.53. The SMILES string of the molecule is CCCCCNc1nc2c(C)cccn2c(=O)c1C=C1SC(=S)N(C(C)C)C1=O. The number of anilines is 1. The molecular weight excluding hydrogens is 404 g/mol. The number of rotatable bonds is 7. The number of aryl methyl sites for hydroxylation is 1. The largest absolute Gasteiger partial charge is 0.369 e. The second-order valence-corrected chi connectivity index (χ2v) is 9.02. The van der Waals surface area contributed by atoms with Crippen molar-refractivity contribution < 1.29 is 4.79 Å². The highest BCUT2D eigenvalue weighted by Crippen LogP contribution is 2.34.